The highest BCUT2D eigenvalue weighted by atomic mass is 19.1. The van der Waals surface area contributed by atoms with Crippen LogP contribution in [0.3, 0.4) is 0 Å². The number of likely N-dealkylation sites (N-methyl/N-ethyl adjacent to an activating group) is 1. The molecule has 1 aromatic rings. The first-order chi connectivity index (χ1) is 9.36. The van der Waals surface area contributed by atoms with E-state index in [0.717, 1.165) is 6.07 Å². The minimum Gasteiger partial charge on any atom is -0.396 e. The van der Waals surface area contributed by atoms with E-state index in [2.05, 4.69) is 10.6 Å². The Kier molecular flexibility index (Phi) is 4.95. The van der Waals surface area contributed by atoms with Crippen molar-refractivity contribution < 1.29 is 18.9 Å². The zero-order valence-corrected chi connectivity index (χ0v) is 10.6. The highest BCUT2D eigenvalue weighted by Crippen LogP contribution is 2.24. The maximum absolute atomic E-state index is 13.2. The molecule has 20 heavy (non-hydrogen) atoms. The van der Waals surface area contributed by atoms with Gasteiger partial charge in [0.25, 0.3) is 11.6 Å². The maximum atomic E-state index is 13.2. The van der Waals surface area contributed by atoms with E-state index in [0.29, 0.717) is 12.6 Å². The van der Waals surface area contributed by atoms with E-state index in [1.807, 2.05) is 0 Å². The van der Waals surface area contributed by atoms with Gasteiger partial charge >= 0.3 is 0 Å². The van der Waals surface area contributed by atoms with E-state index in [-0.39, 0.29) is 6.54 Å². The van der Waals surface area contributed by atoms with E-state index >= 15 is 0 Å². The number of nitrogens with one attached hydrogen (secondary N) is 2. The molecule has 8 nitrogen and oxygen atoms in total. The average Bonchev–Trinajstić information content (AvgIpc) is 2.38. The molecule has 0 saturated heterocycles. The number of amides is 2. The highest BCUT2D eigenvalue weighted by Gasteiger charge is 2.23. The molecule has 0 aromatic heterocycles. The second-order valence-electron chi connectivity index (χ2n) is 3.78. The number of nitro benzene ring substituents is 1. The molecule has 108 valence electrons. The van der Waals surface area contributed by atoms with Crippen molar-refractivity contribution in [2.24, 2.45) is 0 Å². The number of rotatable bonds is 5. The molecule has 0 spiro atoms. The van der Waals surface area contributed by atoms with Gasteiger partial charge in [-0.1, -0.05) is 0 Å². The molecule has 0 atom stereocenters. The largest absolute Gasteiger partial charge is 0.396 e. The van der Waals surface area contributed by atoms with Crippen LogP contribution in [0.15, 0.2) is 12.1 Å². The Labute approximate surface area is 113 Å². The maximum Gasteiger partial charge on any atom is 0.285 e. The Hall–Kier alpha value is -2.71. The Morgan fingerprint density at radius 2 is 2.05 bits per heavy atom. The predicted octanol–water partition coefficient (Wildman–Crippen LogP) is 0.182. The standard InChI is InChI=1S/C11H13FN4O4/c1-2-14-10(17)5-15-11(18)6-3-8(13)7(12)4-9(6)16(19)20/h3-4H,2,5,13H2,1H3,(H,14,17)(H,15,18). The van der Waals surface area contributed by atoms with Gasteiger partial charge in [-0.15, -0.1) is 0 Å². The number of carbonyl (C=O) groups is 2. The zero-order chi connectivity index (χ0) is 15.3. The van der Waals surface area contributed by atoms with Crippen LogP contribution >= 0.6 is 0 Å². The molecule has 0 aliphatic heterocycles. The summed E-state index contributed by atoms with van der Waals surface area (Å²) in [5.41, 5.74) is 3.76. The SMILES string of the molecule is CCNC(=O)CNC(=O)c1cc(N)c(F)cc1[N+](=O)[O-]. The molecule has 1 rings (SSSR count). The molecule has 0 unspecified atom stereocenters. The fraction of sp³-hybridized carbons (Fsp3) is 0.273. The fourth-order valence-electron chi connectivity index (χ4n) is 1.43. The lowest BCUT2D eigenvalue weighted by Crippen LogP contribution is -2.37. The number of nitro groups is 1. The number of hydrogen-bond acceptors (Lipinski definition) is 5. The van der Waals surface area contributed by atoms with Gasteiger partial charge in [-0.05, 0) is 13.0 Å². The Bertz CT molecular complexity index is 562. The van der Waals surface area contributed by atoms with Gasteiger partial charge < -0.3 is 16.4 Å². The monoisotopic (exact) mass is 284 g/mol. The van der Waals surface area contributed by atoms with Crippen molar-refractivity contribution in [3.05, 3.63) is 33.6 Å². The molecule has 0 fully saturated rings. The number of nitrogens with two attached hydrogens (primary N) is 1. The van der Waals surface area contributed by atoms with Crippen LogP contribution in [0.25, 0.3) is 0 Å². The van der Waals surface area contributed by atoms with Crippen LogP contribution in [0.2, 0.25) is 0 Å². The molecule has 0 aliphatic carbocycles. The number of halogens is 1. The van der Waals surface area contributed by atoms with Gasteiger partial charge in [0, 0.05) is 6.54 Å². The van der Waals surface area contributed by atoms with Gasteiger partial charge in [0.2, 0.25) is 5.91 Å². The van der Waals surface area contributed by atoms with Crippen LogP contribution in [0.4, 0.5) is 15.8 Å². The summed E-state index contributed by atoms with van der Waals surface area (Å²) in [5, 5.41) is 15.4. The smallest absolute Gasteiger partial charge is 0.285 e. The number of nitrogen functional groups attached to an aromatic ring is 1. The normalized spacial score (nSPS) is 9.90. The Morgan fingerprint density at radius 3 is 2.60 bits per heavy atom. The number of hydrogen-bond donors (Lipinski definition) is 3. The minimum atomic E-state index is -0.989. The molecule has 4 N–H and O–H groups in total. The second kappa shape index (κ2) is 6.45. The molecular formula is C11H13FN4O4. The van der Waals surface area contributed by atoms with Crippen LogP contribution in [-0.4, -0.2) is 29.8 Å². The number of benzene rings is 1. The van der Waals surface area contributed by atoms with Gasteiger partial charge in [-0.2, -0.15) is 0 Å². The van der Waals surface area contributed by atoms with Crippen LogP contribution in [0.1, 0.15) is 17.3 Å². The molecule has 0 saturated carbocycles. The van der Waals surface area contributed by atoms with Gasteiger partial charge in [0.05, 0.1) is 23.2 Å². The predicted molar refractivity (Wildman–Crippen MR) is 68.5 cm³/mol. The van der Waals surface area contributed by atoms with Crippen LogP contribution in [0, 0.1) is 15.9 Å². The number of carbonyl (C=O) groups excluding carboxylic acids is 2. The third-order valence-electron chi connectivity index (χ3n) is 2.34. The Balaban J connectivity index is 2.95. The van der Waals surface area contributed by atoms with E-state index in [4.69, 9.17) is 5.73 Å². The van der Waals surface area contributed by atoms with Crippen molar-refractivity contribution in [1.29, 1.82) is 0 Å². The van der Waals surface area contributed by atoms with E-state index in [9.17, 15) is 24.1 Å². The first kappa shape index (κ1) is 15.3. The van der Waals surface area contributed by atoms with Crippen LogP contribution < -0.4 is 16.4 Å². The molecule has 2 amide bonds. The summed E-state index contributed by atoms with van der Waals surface area (Å²) >= 11 is 0. The third-order valence-corrected chi connectivity index (χ3v) is 2.34. The Morgan fingerprint density at radius 1 is 1.40 bits per heavy atom. The topological polar surface area (TPSA) is 127 Å². The molecule has 1 aromatic carbocycles. The molecule has 0 aliphatic rings. The zero-order valence-electron chi connectivity index (χ0n) is 10.6. The fourth-order valence-corrected chi connectivity index (χ4v) is 1.43. The first-order valence-electron chi connectivity index (χ1n) is 5.65. The van der Waals surface area contributed by atoms with Crippen molar-refractivity contribution in [2.75, 3.05) is 18.8 Å². The summed E-state index contributed by atoms with van der Waals surface area (Å²) in [6.45, 7) is 1.74. The number of nitrogens with zero attached hydrogens (tertiary/aromatic N) is 1. The lowest BCUT2D eigenvalue weighted by Gasteiger charge is -2.07. The van der Waals surface area contributed by atoms with Crippen molar-refractivity contribution in [3.63, 3.8) is 0 Å². The molecule has 0 radical (unpaired) electrons. The van der Waals surface area contributed by atoms with Crippen LogP contribution in [0.5, 0.6) is 0 Å². The lowest BCUT2D eigenvalue weighted by atomic mass is 10.1. The quantitative estimate of drug-likeness (QED) is 0.404. The summed E-state index contributed by atoms with van der Waals surface area (Å²) < 4.78 is 13.2. The van der Waals surface area contributed by atoms with Crippen molar-refractivity contribution in [2.45, 2.75) is 6.92 Å². The van der Waals surface area contributed by atoms with E-state index in [1.54, 1.807) is 6.92 Å². The molecule has 0 heterocycles. The van der Waals surface area contributed by atoms with Gasteiger partial charge in [0.1, 0.15) is 5.56 Å². The average molecular weight is 284 g/mol. The van der Waals surface area contributed by atoms with Crippen molar-refractivity contribution >= 4 is 23.2 Å². The second-order valence-corrected chi connectivity index (χ2v) is 3.78. The summed E-state index contributed by atoms with van der Waals surface area (Å²) in [4.78, 5) is 32.8. The lowest BCUT2D eigenvalue weighted by molar-refractivity contribution is -0.385. The molecule has 9 heteroatoms. The van der Waals surface area contributed by atoms with E-state index in [1.165, 1.54) is 0 Å². The highest BCUT2D eigenvalue weighted by molar-refractivity contribution is 6.00. The van der Waals surface area contributed by atoms with Crippen molar-refractivity contribution in [3.8, 4) is 0 Å². The molecule has 0 bridgehead atoms. The van der Waals surface area contributed by atoms with Crippen LogP contribution in [-0.2, 0) is 4.79 Å². The van der Waals surface area contributed by atoms with Gasteiger partial charge in [-0.25, -0.2) is 4.39 Å². The molecular weight excluding hydrogens is 271 g/mol. The summed E-state index contributed by atoms with van der Waals surface area (Å²) in [6, 6.07) is 1.43. The van der Waals surface area contributed by atoms with Gasteiger partial charge in [-0.3, -0.25) is 19.7 Å². The first-order valence-corrected chi connectivity index (χ1v) is 5.65. The summed E-state index contributed by atoms with van der Waals surface area (Å²) in [7, 11) is 0. The third kappa shape index (κ3) is 3.64. The van der Waals surface area contributed by atoms with Gasteiger partial charge in [0.15, 0.2) is 5.82 Å². The van der Waals surface area contributed by atoms with Crippen molar-refractivity contribution in [1.82, 2.24) is 10.6 Å². The number of anilines is 1. The minimum absolute atomic E-state index is 0.346. The van der Waals surface area contributed by atoms with E-state index < -0.39 is 39.5 Å². The summed E-state index contributed by atoms with van der Waals surface area (Å²) in [6.07, 6.45) is 0. The summed E-state index contributed by atoms with van der Waals surface area (Å²) in [5.74, 6) is -2.31.